The summed E-state index contributed by atoms with van der Waals surface area (Å²) < 4.78 is 28.0. The number of amides is 2. The van der Waals surface area contributed by atoms with Crippen LogP contribution in [0.2, 0.25) is 0 Å². The van der Waals surface area contributed by atoms with E-state index in [0.29, 0.717) is 36.8 Å². The molecular weight excluding hydrogens is 446 g/mol. The van der Waals surface area contributed by atoms with Gasteiger partial charge in [0.2, 0.25) is 5.91 Å². The van der Waals surface area contributed by atoms with Gasteiger partial charge < -0.3 is 15.3 Å². The molecule has 1 aromatic carbocycles. The predicted molar refractivity (Wildman–Crippen MR) is 120 cm³/mol. The molecule has 4 rings (SSSR count). The van der Waals surface area contributed by atoms with Crippen LogP contribution in [0.5, 0.6) is 0 Å². The number of benzene rings is 1. The summed E-state index contributed by atoms with van der Waals surface area (Å²) in [5, 5.41) is 16.6. The lowest BCUT2D eigenvalue weighted by atomic mass is 9.91. The van der Waals surface area contributed by atoms with Crippen LogP contribution in [-0.4, -0.2) is 67.3 Å². The van der Waals surface area contributed by atoms with E-state index >= 15 is 0 Å². The van der Waals surface area contributed by atoms with Gasteiger partial charge in [0.1, 0.15) is 5.69 Å². The Morgan fingerprint density at radius 2 is 1.82 bits per heavy atom. The van der Waals surface area contributed by atoms with Gasteiger partial charge in [-0.2, -0.15) is 9.78 Å². The molecular formula is C23H26F2N6O3. The smallest absolute Gasteiger partial charge is 0.282 e. The van der Waals surface area contributed by atoms with E-state index in [1.807, 2.05) is 0 Å². The molecule has 1 fully saturated rings. The van der Waals surface area contributed by atoms with E-state index in [0.717, 1.165) is 0 Å². The fourth-order valence-corrected chi connectivity index (χ4v) is 3.94. The number of aliphatic hydroxyl groups excluding tert-OH is 1. The van der Waals surface area contributed by atoms with Crippen molar-refractivity contribution >= 4 is 22.7 Å². The van der Waals surface area contributed by atoms with E-state index in [9.17, 15) is 23.5 Å². The maximum absolute atomic E-state index is 13.4. The second-order valence-electron chi connectivity index (χ2n) is 8.97. The lowest BCUT2D eigenvalue weighted by Crippen LogP contribution is -2.50. The van der Waals surface area contributed by atoms with Crippen LogP contribution < -0.4 is 5.32 Å². The van der Waals surface area contributed by atoms with Gasteiger partial charge >= 0.3 is 0 Å². The van der Waals surface area contributed by atoms with Crippen molar-refractivity contribution in [1.29, 1.82) is 0 Å². The zero-order chi connectivity index (χ0) is 24.5. The summed E-state index contributed by atoms with van der Waals surface area (Å²) in [4.78, 5) is 35.2. The summed E-state index contributed by atoms with van der Waals surface area (Å²) in [6.07, 6.45) is 1.10. The Hall–Kier alpha value is -3.47. The Morgan fingerprint density at radius 1 is 1.18 bits per heavy atom. The Kier molecular flexibility index (Phi) is 6.56. The van der Waals surface area contributed by atoms with Crippen LogP contribution in [0.25, 0.3) is 16.9 Å². The number of carbonyl (C=O) groups excluding carboxylic acids is 2. The first-order valence-corrected chi connectivity index (χ1v) is 11.0. The average Bonchev–Trinajstić information content (AvgIpc) is 3.24. The zero-order valence-electron chi connectivity index (χ0n) is 18.9. The minimum atomic E-state index is -2.74. The van der Waals surface area contributed by atoms with Crippen molar-refractivity contribution in [3.05, 3.63) is 47.9 Å². The number of nitrogens with zero attached hydrogens (tertiary/aromatic N) is 5. The normalized spacial score (nSPS) is 15.2. The Morgan fingerprint density at radius 3 is 2.44 bits per heavy atom. The summed E-state index contributed by atoms with van der Waals surface area (Å²) in [5.41, 5.74) is -0.506. The largest absolute Gasteiger partial charge is 0.395 e. The van der Waals surface area contributed by atoms with Gasteiger partial charge in [-0.25, -0.2) is 18.7 Å². The number of aliphatic hydroxyl groups is 1. The quantitative estimate of drug-likeness (QED) is 0.570. The topological polar surface area (TPSA) is 113 Å². The highest BCUT2D eigenvalue weighted by atomic mass is 19.3. The van der Waals surface area contributed by atoms with E-state index in [1.54, 1.807) is 43.0 Å². The molecule has 180 valence electrons. The number of rotatable bonds is 6. The number of piperidine rings is 1. The molecule has 2 aromatic heterocycles. The second-order valence-corrected chi connectivity index (χ2v) is 8.97. The van der Waals surface area contributed by atoms with Crippen molar-refractivity contribution in [2.45, 2.75) is 39.2 Å². The number of nitrogens with one attached hydrogen (secondary N) is 1. The molecule has 0 unspecified atom stereocenters. The molecule has 3 aromatic rings. The van der Waals surface area contributed by atoms with Gasteiger partial charge in [-0.15, -0.1) is 0 Å². The summed E-state index contributed by atoms with van der Waals surface area (Å²) in [6.45, 7) is 4.15. The molecule has 2 amide bonds. The molecule has 0 saturated carbocycles. The number of hydrogen-bond donors (Lipinski definition) is 2. The third kappa shape index (κ3) is 4.60. The van der Waals surface area contributed by atoms with Gasteiger partial charge in [0.25, 0.3) is 18.3 Å². The Labute approximate surface area is 194 Å². The predicted octanol–water partition coefficient (Wildman–Crippen LogP) is 2.49. The first kappa shape index (κ1) is 23.7. The van der Waals surface area contributed by atoms with E-state index in [2.05, 4.69) is 20.4 Å². The molecule has 1 aliphatic rings. The fraction of sp³-hybridized carbons (Fsp3) is 0.435. The maximum atomic E-state index is 13.4. The molecule has 3 heterocycles. The Bertz CT molecular complexity index is 1190. The number of alkyl halides is 2. The van der Waals surface area contributed by atoms with Gasteiger partial charge in [0.15, 0.2) is 0 Å². The number of carbonyl (C=O) groups is 2. The number of aromatic nitrogens is 4. The van der Waals surface area contributed by atoms with Crippen LogP contribution in [0.3, 0.4) is 0 Å². The lowest BCUT2D eigenvalue weighted by molar-refractivity contribution is -0.143. The number of halogens is 2. The molecule has 34 heavy (non-hydrogen) atoms. The molecule has 11 heteroatoms. The van der Waals surface area contributed by atoms with Crippen molar-refractivity contribution in [1.82, 2.24) is 30.0 Å². The number of para-hydroxylation sites is 1. The molecule has 0 radical (unpaired) electrons. The molecule has 0 aliphatic carbocycles. The van der Waals surface area contributed by atoms with Crippen molar-refractivity contribution in [2.24, 2.45) is 5.41 Å². The zero-order valence-corrected chi connectivity index (χ0v) is 18.9. The first-order chi connectivity index (χ1) is 16.2. The molecule has 0 spiro atoms. The van der Waals surface area contributed by atoms with E-state index in [-0.39, 0.29) is 41.7 Å². The summed E-state index contributed by atoms with van der Waals surface area (Å²) in [5.74, 6) is -0.381. The van der Waals surface area contributed by atoms with Crippen LogP contribution in [0.4, 0.5) is 8.78 Å². The number of hydrogen-bond acceptors (Lipinski definition) is 6. The third-order valence-corrected chi connectivity index (χ3v) is 6.00. The van der Waals surface area contributed by atoms with E-state index in [1.165, 1.54) is 17.1 Å². The van der Waals surface area contributed by atoms with Crippen LogP contribution >= 0.6 is 0 Å². The van der Waals surface area contributed by atoms with Gasteiger partial charge in [-0.1, -0.05) is 18.2 Å². The molecule has 0 bridgehead atoms. The van der Waals surface area contributed by atoms with Gasteiger partial charge in [0, 0.05) is 36.9 Å². The molecule has 1 saturated heterocycles. The van der Waals surface area contributed by atoms with Crippen LogP contribution in [-0.2, 0) is 4.79 Å². The SMILES string of the molecule is CC(C)(CO)C(=O)N1CCC(NC(=O)c2cnc(-n3nc(C(F)F)c4ccccc43)nc2)CC1. The second kappa shape index (κ2) is 9.41. The summed E-state index contributed by atoms with van der Waals surface area (Å²) in [7, 11) is 0. The summed E-state index contributed by atoms with van der Waals surface area (Å²) >= 11 is 0. The highest BCUT2D eigenvalue weighted by molar-refractivity contribution is 5.94. The van der Waals surface area contributed by atoms with E-state index in [4.69, 9.17) is 0 Å². The maximum Gasteiger partial charge on any atom is 0.282 e. The highest BCUT2D eigenvalue weighted by Gasteiger charge is 2.33. The summed E-state index contributed by atoms with van der Waals surface area (Å²) in [6, 6.07) is 6.46. The minimum Gasteiger partial charge on any atom is -0.395 e. The Balaban J connectivity index is 1.41. The van der Waals surface area contributed by atoms with Crippen LogP contribution in [0.15, 0.2) is 36.7 Å². The minimum absolute atomic E-state index is 0.0815. The van der Waals surface area contributed by atoms with Gasteiger partial charge in [-0.3, -0.25) is 9.59 Å². The lowest BCUT2D eigenvalue weighted by Gasteiger charge is -2.36. The van der Waals surface area contributed by atoms with Crippen molar-refractivity contribution in [3.63, 3.8) is 0 Å². The molecule has 2 N–H and O–H groups in total. The van der Waals surface area contributed by atoms with Crippen LogP contribution in [0.1, 0.15) is 49.2 Å². The number of likely N-dealkylation sites (tertiary alicyclic amines) is 1. The fourth-order valence-electron chi connectivity index (χ4n) is 3.94. The average molecular weight is 472 g/mol. The number of fused-ring (bicyclic) bond motifs is 1. The van der Waals surface area contributed by atoms with E-state index < -0.39 is 11.8 Å². The van der Waals surface area contributed by atoms with Crippen molar-refractivity contribution < 1.29 is 23.5 Å². The molecule has 0 atom stereocenters. The first-order valence-electron chi connectivity index (χ1n) is 11.0. The van der Waals surface area contributed by atoms with Crippen LogP contribution in [0, 0.1) is 5.41 Å². The molecule has 1 aliphatic heterocycles. The monoisotopic (exact) mass is 472 g/mol. The van der Waals surface area contributed by atoms with Gasteiger partial charge in [0.05, 0.1) is 23.1 Å². The van der Waals surface area contributed by atoms with Gasteiger partial charge in [-0.05, 0) is 32.8 Å². The highest BCUT2D eigenvalue weighted by Crippen LogP contribution is 2.28. The van der Waals surface area contributed by atoms with Crippen molar-refractivity contribution in [3.8, 4) is 5.95 Å². The van der Waals surface area contributed by atoms with Crippen molar-refractivity contribution in [2.75, 3.05) is 19.7 Å². The molecule has 9 nitrogen and oxygen atoms in total. The third-order valence-electron chi connectivity index (χ3n) is 6.00. The standard InChI is InChI=1S/C23H26F2N6O3/c1-23(2,13-32)21(34)30-9-7-15(8-10-30)28-20(33)14-11-26-22(27-12-14)31-17-6-4-3-5-16(17)18(29-31)19(24)25/h3-6,11-12,15,19,32H,7-10,13H2,1-2H3,(H,28,33).